The van der Waals surface area contributed by atoms with E-state index in [4.69, 9.17) is 0 Å². The molecule has 1 atom stereocenters. The Hall–Kier alpha value is -2.14. The van der Waals surface area contributed by atoms with Crippen molar-refractivity contribution in [3.63, 3.8) is 0 Å². The number of rotatable bonds is 3. The third-order valence-electron chi connectivity index (χ3n) is 3.71. The van der Waals surface area contributed by atoms with Crippen molar-refractivity contribution in [2.45, 2.75) is 24.3 Å². The van der Waals surface area contributed by atoms with Crippen molar-refractivity contribution in [2.24, 2.45) is 0 Å². The molecule has 0 aromatic heterocycles. The molecule has 3 rings (SSSR count). The Labute approximate surface area is 124 Å². The second-order valence-electron chi connectivity index (χ2n) is 4.94. The van der Waals surface area contributed by atoms with E-state index in [1.165, 1.54) is 6.07 Å². The second kappa shape index (κ2) is 5.00. The Kier molecular flexibility index (Phi) is 3.29. The van der Waals surface area contributed by atoms with Crippen LogP contribution in [0.2, 0.25) is 0 Å². The highest BCUT2D eigenvalue weighted by molar-refractivity contribution is 7.90. The van der Waals surface area contributed by atoms with Crippen molar-refractivity contribution in [2.75, 3.05) is 0 Å². The summed E-state index contributed by atoms with van der Waals surface area (Å²) in [4.78, 5) is 12.6. The molecule has 0 fully saturated rings. The van der Waals surface area contributed by atoms with Gasteiger partial charge < -0.3 is 0 Å². The average molecular weight is 301 g/mol. The van der Waals surface area contributed by atoms with E-state index in [9.17, 15) is 13.2 Å². The molecule has 0 saturated carbocycles. The number of nitrogens with zero attached hydrogens (tertiary/aromatic N) is 1. The van der Waals surface area contributed by atoms with Crippen molar-refractivity contribution >= 4 is 15.9 Å². The lowest BCUT2D eigenvalue weighted by atomic mass is 10.0. The highest BCUT2D eigenvalue weighted by Gasteiger charge is 2.44. The van der Waals surface area contributed by atoms with Gasteiger partial charge in [0, 0.05) is 0 Å². The molecule has 1 heterocycles. The van der Waals surface area contributed by atoms with Crippen LogP contribution in [0.5, 0.6) is 0 Å². The van der Waals surface area contributed by atoms with Gasteiger partial charge in [0.2, 0.25) is 0 Å². The average Bonchev–Trinajstić information content (AvgIpc) is 2.71. The number of benzene rings is 2. The molecule has 2 aromatic rings. The van der Waals surface area contributed by atoms with Gasteiger partial charge in [0.25, 0.3) is 15.9 Å². The summed E-state index contributed by atoms with van der Waals surface area (Å²) >= 11 is 0. The molecular formula is C16H15NO3S. The molecule has 0 saturated heterocycles. The molecule has 5 heteroatoms. The normalized spacial score (nSPS) is 17.6. The van der Waals surface area contributed by atoms with Crippen LogP contribution in [0.15, 0.2) is 59.5 Å². The summed E-state index contributed by atoms with van der Waals surface area (Å²) in [5.74, 6) is -0.443. The number of fused-ring (bicyclic) bond motifs is 1. The third-order valence-corrected chi connectivity index (χ3v) is 5.56. The van der Waals surface area contributed by atoms with E-state index >= 15 is 0 Å². The predicted molar refractivity (Wildman–Crippen MR) is 79.3 cm³/mol. The van der Waals surface area contributed by atoms with Gasteiger partial charge in [-0.2, -0.15) is 0 Å². The molecule has 1 unspecified atom stereocenters. The van der Waals surface area contributed by atoms with Gasteiger partial charge in [-0.1, -0.05) is 49.4 Å². The topological polar surface area (TPSA) is 54.5 Å². The largest absolute Gasteiger partial charge is 0.269 e. The Bertz CT molecular complexity index is 784. The zero-order valence-electron chi connectivity index (χ0n) is 11.6. The molecule has 0 spiro atoms. The SMILES string of the molecule is CCC(c1ccccc1)N1C(=O)c2ccccc2S1(=O)=O. The minimum absolute atomic E-state index is 0.101. The maximum Gasteiger partial charge on any atom is 0.269 e. The number of carbonyl (C=O) groups is 1. The van der Waals surface area contributed by atoms with E-state index in [1.54, 1.807) is 18.2 Å². The van der Waals surface area contributed by atoms with Crippen LogP contribution in [-0.2, 0) is 10.0 Å². The van der Waals surface area contributed by atoms with E-state index in [0.717, 1.165) is 9.87 Å². The molecular weight excluding hydrogens is 286 g/mol. The van der Waals surface area contributed by atoms with E-state index < -0.39 is 22.0 Å². The van der Waals surface area contributed by atoms with Gasteiger partial charge in [-0.15, -0.1) is 0 Å². The van der Waals surface area contributed by atoms with Crippen LogP contribution in [0.25, 0.3) is 0 Å². The van der Waals surface area contributed by atoms with Gasteiger partial charge in [0.1, 0.15) is 4.90 Å². The zero-order valence-corrected chi connectivity index (χ0v) is 12.4. The van der Waals surface area contributed by atoms with E-state index in [0.29, 0.717) is 6.42 Å². The Morgan fingerprint density at radius 2 is 1.62 bits per heavy atom. The summed E-state index contributed by atoms with van der Waals surface area (Å²) in [5.41, 5.74) is 1.08. The molecule has 1 aliphatic rings. The number of sulfonamides is 1. The van der Waals surface area contributed by atoms with Gasteiger partial charge >= 0.3 is 0 Å². The van der Waals surface area contributed by atoms with Crippen LogP contribution < -0.4 is 0 Å². The molecule has 0 radical (unpaired) electrons. The highest BCUT2D eigenvalue weighted by atomic mass is 32.2. The summed E-state index contributed by atoms with van der Waals surface area (Å²) in [5, 5.41) is 0. The maximum atomic E-state index is 12.7. The molecule has 1 aliphatic heterocycles. The van der Waals surface area contributed by atoms with E-state index in [2.05, 4.69) is 0 Å². The Balaban J connectivity index is 2.14. The quantitative estimate of drug-likeness (QED) is 0.875. The lowest BCUT2D eigenvalue weighted by Crippen LogP contribution is -2.34. The van der Waals surface area contributed by atoms with Gasteiger partial charge in [-0.25, -0.2) is 12.7 Å². The number of amides is 1. The summed E-state index contributed by atoms with van der Waals surface area (Å²) in [6.07, 6.45) is 0.531. The molecule has 0 aliphatic carbocycles. The number of carbonyl (C=O) groups excluding carboxylic acids is 1. The van der Waals surface area contributed by atoms with Crippen LogP contribution in [0.3, 0.4) is 0 Å². The van der Waals surface area contributed by atoms with Gasteiger partial charge in [-0.3, -0.25) is 4.79 Å². The lowest BCUT2D eigenvalue weighted by molar-refractivity contribution is 0.0829. The van der Waals surface area contributed by atoms with Crippen molar-refractivity contribution in [3.8, 4) is 0 Å². The van der Waals surface area contributed by atoms with Crippen LogP contribution in [0.1, 0.15) is 35.3 Å². The van der Waals surface area contributed by atoms with Crippen LogP contribution >= 0.6 is 0 Å². The van der Waals surface area contributed by atoms with Crippen molar-refractivity contribution < 1.29 is 13.2 Å². The van der Waals surface area contributed by atoms with Gasteiger partial charge in [0.05, 0.1) is 11.6 Å². The molecule has 1 amide bonds. The van der Waals surface area contributed by atoms with Crippen molar-refractivity contribution in [1.82, 2.24) is 4.31 Å². The zero-order chi connectivity index (χ0) is 15.0. The van der Waals surface area contributed by atoms with Gasteiger partial charge in [0.15, 0.2) is 0 Å². The Morgan fingerprint density at radius 1 is 1.00 bits per heavy atom. The van der Waals surface area contributed by atoms with Crippen LogP contribution in [0, 0.1) is 0 Å². The summed E-state index contributed by atoms with van der Waals surface area (Å²) in [6, 6.07) is 15.1. The Morgan fingerprint density at radius 3 is 2.24 bits per heavy atom. The molecule has 4 nitrogen and oxygen atoms in total. The molecule has 2 aromatic carbocycles. The summed E-state index contributed by atoms with van der Waals surface area (Å²) < 4.78 is 26.4. The highest BCUT2D eigenvalue weighted by Crippen LogP contribution is 2.38. The fourth-order valence-corrected chi connectivity index (χ4v) is 4.54. The number of hydrogen-bond donors (Lipinski definition) is 0. The lowest BCUT2D eigenvalue weighted by Gasteiger charge is -2.26. The number of hydrogen-bond acceptors (Lipinski definition) is 3. The van der Waals surface area contributed by atoms with Crippen LogP contribution in [-0.4, -0.2) is 18.6 Å². The minimum atomic E-state index is -3.77. The first-order valence-corrected chi connectivity index (χ1v) is 8.24. The molecule has 108 valence electrons. The standard InChI is InChI=1S/C16H15NO3S/c1-2-14(12-8-4-3-5-9-12)17-16(18)13-10-6-7-11-15(13)21(17,19)20/h3-11,14H,2H2,1H3. The monoisotopic (exact) mass is 301 g/mol. The van der Waals surface area contributed by atoms with Gasteiger partial charge in [-0.05, 0) is 24.1 Å². The van der Waals surface area contributed by atoms with Crippen molar-refractivity contribution in [3.05, 3.63) is 65.7 Å². The fraction of sp³-hybridized carbons (Fsp3) is 0.188. The molecule has 0 bridgehead atoms. The molecule has 21 heavy (non-hydrogen) atoms. The summed E-state index contributed by atoms with van der Waals surface area (Å²) in [6.45, 7) is 1.88. The van der Waals surface area contributed by atoms with Crippen molar-refractivity contribution in [1.29, 1.82) is 0 Å². The predicted octanol–water partition coefficient (Wildman–Crippen LogP) is 2.98. The fourth-order valence-electron chi connectivity index (χ4n) is 2.72. The first-order valence-electron chi connectivity index (χ1n) is 6.80. The summed E-state index contributed by atoms with van der Waals surface area (Å²) in [7, 11) is -3.77. The minimum Gasteiger partial charge on any atom is -0.268 e. The molecule has 0 N–H and O–H groups in total. The second-order valence-corrected chi connectivity index (χ2v) is 6.72. The van der Waals surface area contributed by atoms with E-state index in [-0.39, 0.29) is 10.5 Å². The smallest absolute Gasteiger partial charge is 0.268 e. The first-order chi connectivity index (χ1) is 10.1. The maximum absolute atomic E-state index is 12.7. The first kappa shape index (κ1) is 13.8. The van der Waals surface area contributed by atoms with Crippen LogP contribution in [0.4, 0.5) is 0 Å². The van der Waals surface area contributed by atoms with E-state index in [1.807, 2.05) is 37.3 Å². The third kappa shape index (κ3) is 2.05.